The maximum atomic E-state index is 11.7. The highest BCUT2D eigenvalue weighted by Crippen LogP contribution is 2.39. The average molecular weight is 346 g/mol. The Labute approximate surface area is 142 Å². The van der Waals surface area contributed by atoms with E-state index in [4.69, 9.17) is 9.47 Å². The number of Topliss-reactive ketones (excluding diaryl/α,β-unsaturated/α-hetero) is 1. The lowest BCUT2D eigenvalue weighted by Crippen LogP contribution is -1.91. The minimum absolute atomic E-state index is 0.00155. The lowest BCUT2D eigenvalue weighted by atomic mass is 10.1. The molecule has 0 spiro atoms. The lowest BCUT2D eigenvalue weighted by molar-refractivity contribution is -0.119. The fourth-order valence-corrected chi connectivity index (χ4v) is 4.12. The molecule has 0 unspecified atom stereocenters. The van der Waals surface area contributed by atoms with Crippen molar-refractivity contribution in [2.75, 3.05) is 14.2 Å². The number of ether oxygens (including phenoxy) is 2. The Bertz CT molecular complexity index is 805. The highest BCUT2D eigenvalue weighted by Gasteiger charge is 2.26. The van der Waals surface area contributed by atoms with Gasteiger partial charge in [0.15, 0.2) is 5.78 Å². The van der Waals surface area contributed by atoms with E-state index in [1.807, 2.05) is 30.3 Å². The van der Waals surface area contributed by atoms with E-state index in [1.54, 1.807) is 20.3 Å². The molecule has 1 fully saturated rings. The standard InChI is InChI=1S/C17H14O4S2/c1-20-10-3-5-14(21-2)12(7-10)15-6-4-11(22-15)8-16-13(18)9-17(19)23-16/h3-8H,9H2,1-2H3. The first kappa shape index (κ1) is 15.8. The Morgan fingerprint density at radius 3 is 2.57 bits per heavy atom. The normalized spacial score (nSPS) is 16.2. The Morgan fingerprint density at radius 1 is 1.09 bits per heavy atom. The fourth-order valence-electron chi connectivity index (χ4n) is 2.25. The van der Waals surface area contributed by atoms with E-state index in [-0.39, 0.29) is 17.3 Å². The molecule has 2 heterocycles. The molecule has 3 rings (SSSR count). The van der Waals surface area contributed by atoms with Crippen molar-refractivity contribution in [1.82, 2.24) is 0 Å². The monoisotopic (exact) mass is 346 g/mol. The Morgan fingerprint density at radius 2 is 1.91 bits per heavy atom. The third-order valence-corrected chi connectivity index (χ3v) is 5.38. The number of methoxy groups -OCH3 is 2. The zero-order valence-corrected chi connectivity index (χ0v) is 14.3. The molecular formula is C17H14O4S2. The van der Waals surface area contributed by atoms with Gasteiger partial charge >= 0.3 is 0 Å². The van der Waals surface area contributed by atoms with Gasteiger partial charge in [-0.1, -0.05) is 0 Å². The molecule has 4 nitrogen and oxygen atoms in total. The van der Waals surface area contributed by atoms with Crippen LogP contribution in [-0.4, -0.2) is 25.1 Å². The maximum Gasteiger partial charge on any atom is 0.201 e. The first-order chi connectivity index (χ1) is 11.1. The first-order valence-electron chi connectivity index (χ1n) is 6.88. The predicted octanol–water partition coefficient (Wildman–Crippen LogP) is 4.01. The van der Waals surface area contributed by atoms with E-state index in [2.05, 4.69) is 0 Å². The number of ketones is 1. The molecule has 0 N–H and O–H groups in total. The van der Waals surface area contributed by atoms with Crippen LogP contribution in [0.3, 0.4) is 0 Å². The second-order valence-electron chi connectivity index (χ2n) is 4.85. The molecule has 2 aromatic rings. The van der Waals surface area contributed by atoms with Crippen LogP contribution in [0.5, 0.6) is 11.5 Å². The van der Waals surface area contributed by atoms with Crippen LogP contribution in [0.4, 0.5) is 0 Å². The van der Waals surface area contributed by atoms with Gasteiger partial charge in [0, 0.05) is 15.3 Å². The number of benzene rings is 1. The third kappa shape index (κ3) is 3.33. The molecular weight excluding hydrogens is 332 g/mol. The highest BCUT2D eigenvalue weighted by molar-refractivity contribution is 8.18. The summed E-state index contributed by atoms with van der Waals surface area (Å²) < 4.78 is 10.7. The van der Waals surface area contributed by atoms with Crippen LogP contribution in [-0.2, 0) is 9.59 Å². The van der Waals surface area contributed by atoms with Gasteiger partial charge in [0.2, 0.25) is 5.12 Å². The molecule has 0 radical (unpaired) electrons. The number of rotatable bonds is 4. The first-order valence-corrected chi connectivity index (χ1v) is 8.52. The van der Waals surface area contributed by atoms with Crippen LogP contribution in [0.25, 0.3) is 16.5 Å². The van der Waals surface area contributed by atoms with Crippen molar-refractivity contribution in [1.29, 1.82) is 0 Å². The molecule has 1 aliphatic rings. The van der Waals surface area contributed by atoms with Gasteiger partial charge < -0.3 is 9.47 Å². The second-order valence-corrected chi connectivity index (χ2v) is 7.07. The molecule has 1 saturated heterocycles. The minimum Gasteiger partial charge on any atom is -0.497 e. The molecule has 1 aromatic heterocycles. The van der Waals surface area contributed by atoms with Gasteiger partial charge in [-0.3, -0.25) is 9.59 Å². The quantitative estimate of drug-likeness (QED) is 0.618. The summed E-state index contributed by atoms with van der Waals surface area (Å²) in [6.45, 7) is 0. The second kappa shape index (κ2) is 6.60. The summed E-state index contributed by atoms with van der Waals surface area (Å²) in [5.74, 6) is 1.41. The zero-order chi connectivity index (χ0) is 16.4. The summed E-state index contributed by atoms with van der Waals surface area (Å²) in [6.07, 6.45) is 1.77. The van der Waals surface area contributed by atoms with Gasteiger partial charge in [-0.15, -0.1) is 11.3 Å². The summed E-state index contributed by atoms with van der Waals surface area (Å²) in [7, 11) is 3.25. The topological polar surface area (TPSA) is 52.6 Å². The van der Waals surface area contributed by atoms with E-state index < -0.39 is 0 Å². The van der Waals surface area contributed by atoms with Crippen molar-refractivity contribution in [3.8, 4) is 21.9 Å². The van der Waals surface area contributed by atoms with Gasteiger partial charge in [-0.05, 0) is 48.2 Å². The van der Waals surface area contributed by atoms with E-state index in [1.165, 1.54) is 11.3 Å². The van der Waals surface area contributed by atoms with Crippen LogP contribution in [0, 0.1) is 0 Å². The van der Waals surface area contributed by atoms with Gasteiger partial charge in [0.1, 0.15) is 11.5 Å². The number of thiophene rings is 1. The van der Waals surface area contributed by atoms with Crippen molar-refractivity contribution in [2.24, 2.45) is 0 Å². The largest absolute Gasteiger partial charge is 0.497 e. The van der Waals surface area contributed by atoms with Crippen LogP contribution < -0.4 is 9.47 Å². The lowest BCUT2D eigenvalue weighted by Gasteiger charge is -2.08. The smallest absolute Gasteiger partial charge is 0.201 e. The van der Waals surface area contributed by atoms with Crippen molar-refractivity contribution < 1.29 is 19.1 Å². The van der Waals surface area contributed by atoms with Gasteiger partial charge in [0.25, 0.3) is 0 Å². The maximum absolute atomic E-state index is 11.7. The van der Waals surface area contributed by atoms with Crippen LogP contribution in [0.1, 0.15) is 11.3 Å². The Hall–Kier alpha value is -2.05. The molecule has 1 aliphatic heterocycles. The SMILES string of the molecule is COc1ccc(OC)c(-c2ccc(C=C3SC(=O)CC3=O)s2)c1. The zero-order valence-electron chi connectivity index (χ0n) is 12.6. The van der Waals surface area contributed by atoms with Gasteiger partial charge in [0.05, 0.1) is 25.5 Å². The Kier molecular flexibility index (Phi) is 4.54. The van der Waals surface area contributed by atoms with E-state index >= 15 is 0 Å². The molecule has 0 aliphatic carbocycles. The predicted molar refractivity (Wildman–Crippen MR) is 93.1 cm³/mol. The van der Waals surface area contributed by atoms with Crippen LogP contribution >= 0.6 is 23.1 Å². The van der Waals surface area contributed by atoms with Crippen molar-refractivity contribution >= 4 is 40.1 Å². The number of allylic oxidation sites excluding steroid dienone is 1. The summed E-state index contributed by atoms with van der Waals surface area (Å²) in [6, 6.07) is 9.53. The summed E-state index contributed by atoms with van der Waals surface area (Å²) >= 11 is 2.56. The van der Waals surface area contributed by atoms with Crippen LogP contribution in [0.15, 0.2) is 35.2 Å². The van der Waals surface area contributed by atoms with E-state index in [0.29, 0.717) is 4.91 Å². The number of hydrogen-bond donors (Lipinski definition) is 0. The van der Waals surface area contributed by atoms with E-state index in [0.717, 1.165) is 38.6 Å². The van der Waals surface area contributed by atoms with Crippen molar-refractivity contribution in [3.63, 3.8) is 0 Å². The third-order valence-electron chi connectivity index (χ3n) is 3.38. The highest BCUT2D eigenvalue weighted by atomic mass is 32.2. The van der Waals surface area contributed by atoms with Gasteiger partial charge in [-0.25, -0.2) is 0 Å². The average Bonchev–Trinajstić information content (AvgIpc) is 3.13. The number of hydrogen-bond acceptors (Lipinski definition) is 6. The van der Waals surface area contributed by atoms with Crippen molar-refractivity contribution in [3.05, 3.63) is 40.1 Å². The van der Waals surface area contributed by atoms with Gasteiger partial charge in [-0.2, -0.15) is 0 Å². The molecule has 0 bridgehead atoms. The van der Waals surface area contributed by atoms with Crippen molar-refractivity contribution in [2.45, 2.75) is 6.42 Å². The molecule has 0 atom stereocenters. The molecule has 118 valence electrons. The molecule has 0 saturated carbocycles. The Balaban J connectivity index is 1.95. The summed E-state index contributed by atoms with van der Waals surface area (Å²) in [5, 5.41) is -0.0903. The molecule has 0 amide bonds. The number of thioether (sulfide) groups is 1. The van der Waals surface area contributed by atoms with E-state index in [9.17, 15) is 9.59 Å². The molecule has 6 heteroatoms. The molecule has 1 aromatic carbocycles. The number of carbonyl (C=O) groups excluding carboxylic acids is 2. The summed E-state index contributed by atoms with van der Waals surface area (Å²) in [4.78, 5) is 25.5. The number of carbonyl (C=O) groups is 2. The summed E-state index contributed by atoms with van der Waals surface area (Å²) in [5.41, 5.74) is 0.933. The van der Waals surface area contributed by atoms with Crippen LogP contribution in [0.2, 0.25) is 0 Å². The minimum atomic E-state index is -0.103. The molecule has 23 heavy (non-hydrogen) atoms. The fraction of sp³-hybridized carbons (Fsp3) is 0.176.